The van der Waals surface area contributed by atoms with Crippen molar-refractivity contribution in [2.75, 3.05) is 13.7 Å². The molecule has 0 saturated heterocycles. The van der Waals surface area contributed by atoms with E-state index in [9.17, 15) is 4.79 Å². The number of carbonyl (C=O) groups is 1. The standard InChI is InChI=1S/C17H26N2O2/c1-21-16-9-7-13(8-10-16)4-3-11-19-17(20)14-5-2-6-15(18)12-14/h7-10,14-15H,2-6,11-12,18H2,1H3,(H,19,20). The molecule has 1 aromatic carbocycles. The van der Waals surface area contributed by atoms with E-state index in [0.29, 0.717) is 0 Å². The molecule has 0 heterocycles. The van der Waals surface area contributed by atoms with Gasteiger partial charge in [-0.25, -0.2) is 0 Å². The van der Waals surface area contributed by atoms with Gasteiger partial charge in [-0.1, -0.05) is 18.6 Å². The number of nitrogens with two attached hydrogens (primary N) is 1. The van der Waals surface area contributed by atoms with E-state index in [1.165, 1.54) is 5.56 Å². The average Bonchev–Trinajstić information content (AvgIpc) is 2.52. The Kier molecular flexibility index (Phi) is 6.05. The van der Waals surface area contributed by atoms with Gasteiger partial charge in [0.15, 0.2) is 0 Å². The number of aryl methyl sites for hydroxylation is 1. The Balaban J connectivity index is 1.65. The second-order valence-corrected chi connectivity index (χ2v) is 5.87. The molecule has 1 aliphatic rings. The van der Waals surface area contributed by atoms with Crippen LogP contribution in [0.5, 0.6) is 5.75 Å². The van der Waals surface area contributed by atoms with Gasteiger partial charge in [-0.05, 0) is 49.8 Å². The highest BCUT2D eigenvalue weighted by Crippen LogP contribution is 2.23. The number of carbonyl (C=O) groups excluding carboxylic acids is 1. The highest BCUT2D eigenvalue weighted by molar-refractivity contribution is 5.78. The first kappa shape index (κ1) is 15.8. The average molecular weight is 290 g/mol. The molecule has 3 N–H and O–H groups in total. The smallest absolute Gasteiger partial charge is 0.223 e. The summed E-state index contributed by atoms with van der Waals surface area (Å²) in [6.45, 7) is 0.733. The zero-order valence-corrected chi connectivity index (χ0v) is 12.8. The quantitative estimate of drug-likeness (QED) is 0.790. The molecule has 4 nitrogen and oxygen atoms in total. The topological polar surface area (TPSA) is 64.3 Å². The molecule has 2 atom stereocenters. The van der Waals surface area contributed by atoms with Gasteiger partial charge < -0.3 is 15.8 Å². The third-order valence-corrected chi connectivity index (χ3v) is 4.19. The molecule has 0 spiro atoms. The van der Waals surface area contributed by atoms with E-state index in [4.69, 9.17) is 10.5 Å². The number of methoxy groups -OCH3 is 1. The zero-order valence-electron chi connectivity index (χ0n) is 12.8. The lowest BCUT2D eigenvalue weighted by Gasteiger charge is -2.25. The summed E-state index contributed by atoms with van der Waals surface area (Å²) in [5.74, 6) is 1.18. The lowest BCUT2D eigenvalue weighted by molar-refractivity contribution is -0.126. The molecule has 1 aromatic rings. The van der Waals surface area contributed by atoms with Crippen molar-refractivity contribution in [1.82, 2.24) is 5.32 Å². The van der Waals surface area contributed by atoms with E-state index in [2.05, 4.69) is 17.4 Å². The van der Waals surface area contributed by atoms with Crippen molar-refractivity contribution < 1.29 is 9.53 Å². The molecule has 1 fully saturated rings. The maximum absolute atomic E-state index is 12.1. The highest BCUT2D eigenvalue weighted by atomic mass is 16.5. The van der Waals surface area contributed by atoms with Crippen LogP contribution in [0.3, 0.4) is 0 Å². The Labute approximate surface area is 127 Å². The fourth-order valence-electron chi connectivity index (χ4n) is 2.91. The maximum atomic E-state index is 12.1. The minimum Gasteiger partial charge on any atom is -0.497 e. The van der Waals surface area contributed by atoms with Crippen molar-refractivity contribution in [3.8, 4) is 5.75 Å². The molecule has 0 radical (unpaired) electrons. The van der Waals surface area contributed by atoms with E-state index < -0.39 is 0 Å². The first-order valence-electron chi connectivity index (χ1n) is 7.85. The van der Waals surface area contributed by atoms with Crippen molar-refractivity contribution in [2.24, 2.45) is 11.7 Å². The van der Waals surface area contributed by atoms with Gasteiger partial charge in [-0.15, -0.1) is 0 Å². The van der Waals surface area contributed by atoms with Crippen molar-refractivity contribution in [1.29, 1.82) is 0 Å². The van der Waals surface area contributed by atoms with Crippen molar-refractivity contribution >= 4 is 5.91 Å². The van der Waals surface area contributed by atoms with Crippen LogP contribution in [0.1, 0.15) is 37.7 Å². The largest absolute Gasteiger partial charge is 0.497 e. The van der Waals surface area contributed by atoms with Crippen LogP contribution < -0.4 is 15.8 Å². The Hall–Kier alpha value is -1.55. The van der Waals surface area contributed by atoms with Crippen LogP contribution in [-0.4, -0.2) is 25.6 Å². The van der Waals surface area contributed by atoms with Gasteiger partial charge in [0, 0.05) is 18.5 Å². The summed E-state index contributed by atoms with van der Waals surface area (Å²) in [4.78, 5) is 12.1. The van der Waals surface area contributed by atoms with E-state index in [1.54, 1.807) is 7.11 Å². The fraction of sp³-hybridized carbons (Fsp3) is 0.588. The van der Waals surface area contributed by atoms with Crippen LogP contribution in [-0.2, 0) is 11.2 Å². The number of amides is 1. The molecule has 1 amide bonds. The minimum atomic E-state index is 0.120. The third-order valence-electron chi connectivity index (χ3n) is 4.19. The molecule has 4 heteroatoms. The van der Waals surface area contributed by atoms with Crippen molar-refractivity contribution in [2.45, 2.75) is 44.6 Å². The van der Waals surface area contributed by atoms with Crippen LogP contribution in [0.25, 0.3) is 0 Å². The molecule has 2 rings (SSSR count). The highest BCUT2D eigenvalue weighted by Gasteiger charge is 2.24. The summed E-state index contributed by atoms with van der Waals surface area (Å²) < 4.78 is 5.13. The predicted molar refractivity (Wildman–Crippen MR) is 84.3 cm³/mol. The van der Waals surface area contributed by atoms with Crippen molar-refractivity contribution in [3.05, 3.63) is 29.8 Å². The van der Waals surface area contributed by atoms with Crippen molar-refractivity contribution in [3.63, 3.8) is 0 Å². The van der Waals surface area contributed by atoms with Crippen LogP contribution in [0.15, 0.2) is 24.3 Å². The molecular formula is C17H26N2O2. The number of nitrogens with one attached hydrogen (secondary N) is 1. The van der Waals surface area contributed by atoms with Gasteiger partial charge in [-0.3, -0.25) is 4.79 Å². The number of benzene rings is 1. The normalized spacial score (nSPS) is 21.8. The van der Waals surface area contributed by atoms with Crippen LogP contribution >= 0.6 is 0 Å². The summed E-state index contributed by atoms with van der Waals surface area (Å²) in [5.41, 5.74) is 7.20. The lowest BCUT2D eigenvalue weighted by atomic mass is 9.85. The fourth-order valence-corrected chi connectivity index (χ4v) is 2.91. The molecule has 21 heavy (non-hydrogen) atoms. The zero-order chi connectivity index (χ0) is 15.1. The Bertz CT molecular complexity index is 445. The molecular weight excluding hydrogens is 264 g/mol. The monoisotopic (exact) mass is 290 g/mol. The van der Waals surface area contributed by atoms with Gasteiger partial charge in [0.05, 0.1) is 7.11 Å². The van der Waals surface area contributed by atoms with E-state index in [-0.39, 0.29) is 17.9 Å². The maximum Gasteiger partial charge on any atom is 0.223 e. The van der Waals surface area contributed by atoms with Gasteiger partial charge in [0.25, 0.3) is 0 Å². The second-order valence-electron chi connectivity index (χ2n) is 5.87. The number of hydrogen-bond donors (Lipinski definition) is 2. The van der Waals surface area contributed by atoms with Crippen LogP contribution in [0.2, 0.25) is 0 Å². The Morgan fingerprint density at radius 3 is 2.76 bits per heavy atom. The summed E-state index contributed by atoms with van der Waals surface area (Å²) in [6, 6.07) is 8.28. The number of hydrogen-bond acceptors (Lipinski definition) is 3. The summed E-state index contributed by atoms with van der Waals surface area (Å²) in [6.07, 6.45) is 5.87. The predicted octanol–water partition coefficient (Wildman–Crippen LogP) is 2.26. The van der Waals surface area contributed by atoms with E-state index >= 15 is 0 Å². The summed E-state index contributed by atoms with van der Waals surface area (Å²) in [7, 11) is 1.67. The first-order chi connectivity index (χ1) is 10.2. The number of ether oxygens (including phenoxy) is 1. The van der Waals surface area contributed by atoms with E-state index in [1.807, 2.05) is 12.1 Å². The second kappa shape index (κ2) is 8.03. The minimum absolute atomic E-state index is 0.120. The van der Waals surface area contributed by atoms with Gasteiger partial charge in [-0.2, -0.15) is 0 Å². The molecule has 116 valence electrons. The van der Waals surface area contributed by atoms with Gasteiger partial charge >= 0.3 is 0 Å². The summed E-state index contributed by atoms with van der Waals surface area (Å²) in [5, 5.41) is 3.05. The van der Waals surface area contributed by atoms with Crippen LogP contribution in [0.4, 0.5) is 0 Å². The van der Waals surface area contributed by atoms with Gasteiger partial charge in [0.2, 0.25) is 5.91 Å². The molecule has 1 saturated carbocycles. The molecule has 0 aromatic heterocycles. The summed E-state index contributed by atoms with van der Waals surface area (Å²) >= 11 is 0. The lowest BCUT2D eigenvalue weighted by Crippen LogP contribution is -2.38. The molecule has 1 aliphatic carbocycles. The Morgan fingerprint density at radius 2 is 2.10 bits per heavy atom. The van der Waals surface area contributed by atoms with E-state index in [0.717, 1.165) is 50.8 Å². The molecule has 0 bridgehead atoms. The molecule has 2 unspecified atom stereocenters. The van der Waals surface area contributed by atoms with Gasteiger partial charge in [0.1, 0.15) is 5.75 Å². The first-order valence-corrected chi connectivity index (χ1v) is 7.85. The number of rotatable bonds is 6. The SMILES string of the molecule is COc1ccc(CCCNC(=O)C2CCCC(N)C2)cc1. The third kappa shape index (κ3) is 5.05. The van der Waals surface area contributed by atoms with Crippen LogP contribution in [0, 0.1) is 5.92 Å². The Morgan fingerprint density at radius 1 is 1.33 bits per heavy atom. The molecule has 0 aliphatic heterocycles.